The summed E-state index contributed by atoms with van der Waals surface area (Å²) in [6.45, 7) is 6.70. The molecule has 1 aliphatic rings. The van der Waals surface area contributed by atoms with E-state index in [0.29, 0.717) is 6.04 Å². The largest absolute Gasteiger partial charge is 0.496 e. The minimum atomic E-state index is 0.0175. The summed E-state index contributed by atoms with van der Waals surface area (Å²) in [5.41, 5.74) is 7.50. The summed E-state index contributed by atoms with van der Waals surface area (Å²) in [5.74, 6) is 1.67. The Kier molecular flexibility index (Phi) is 4.83. The second kappa shape index (κ2) is 6.40. The molecular formula is C16H26N2O. The SMILES string of the molecule is COc1ccccc1C(N)CN1CC(C)CCC1C. The minimum Gasteiger partial charge on any atom is -0.496 e. The zero-order valence-corrected chi connectivity index (χ0v) is 12.3. The van der Waals surface area contributed by atoms with Crippen molar-refractivity contribution in [3.8, 4) is 5.75 Å². The highest BCUT2D eigenvalue weighted by atomic mass is 16.5. The summed E-state index contributed by atoms with van der Waals surface area (Å²) < 4.78 is 5.41. The van der Waals surface area contributed by atoms with Crippen molar-refractivity contribution in [2.45, 2.75) is 38.8 Å². The van der Waals surface area contributed by atoms with Gasteiger partial charge in [0.05, 0.1) is 7.11 Å². The maximum Gasteiger partial charge on any atom is 0.123 e. The van der Waals surface area contributed by atoms with Crippen LogP contribution >= 0.6 is 0 Å². The molecule has 2 N–H and O–H groups in total. The van der Waals surface area contributed by atoms with E-state index in [1.54, 1.807) is 7.11 Å². The summed E-state index contributed by atoms with van der Waals surface area (Å²) in [5, 5.41) is 0. The van der Waals surface area contributed by atoms with Crippen LogP contribution in [0.2, 0.25) is 0 Å². The molecule has 0 aliphatic carbocycles. The number of nitrogens with two attached hydrogens (primary N) is 1. The first kappa shape index (κ1) is 14.4. The summed E-state index contributed by atoms with van der Waals surface area (Å²) in [6.07, 6.45) is 2.61. The highest BCUT2D eigenvalue weighted by Crippen LogP contribution is 2.27. The van der Waals surface area contributed by atoms with Crippen LogP contribution in [0.1, 0.15) is 38.3 Å². The molecule has 0 saturated carbocycles. The number of para-hydroxylation sites is 1. The van der Waals surface area contributed by atoms with Crippen LogP contribution in [-0.4, -0.2) is 31.1 Å². The molecule has 3 heteroatoms. The van der Waals surface area contributed by atoms with E-state index in [4.69, 9.17) is 10.5 Å². The van der Waals surface area contributed by atoms with E-state index in [2.05, 4.69) is 24.8 Å². The topological polar surface area (TPSA) is 38.5 Å². The molecule has 0 spiro atoms. The standard InChI is InChI=1S/C16H26N2O/c1-12-8-9-13(2)18(10-12)11-15(17)14-6-4-5-7-16(14)19-3/h4-7,12-13,15H,8-11,17H2,1-3H3. The van der Waals surface area contributed by atoms with Crippen molar-refractivity contribution < 1.29 is 4.74 Å². The van der Waals surface area contributed by atoms with E-state index < -0.39 is 0 Å². The molecule has 0 radical (unpaired) electrons. The average molecular weight is 262 g/mol. The molecule has 19 heavy (non-hydrogen) atoms. The molecule has 3 atom stereocenters. The first-order valence-corrected chi connectivity index (χ1v) is 7.24. The van der Waals surface area contributed by atoms with Crippen LogP contribution in [0, 0.1) is 5.92 Å². The third-order valence-corrected chi connectivity index (χ3v) is 4.22. The molecule has 106 valence electrons. The van der Waals surface area contributed by atoms with E-state index in [-0.39, 0.29) is 6.04 Å². The van der Waals surface area contributed by atoms with Crippen LogP contribution in [0.15, 0.2) is 24.3 Å². The number of benzene rings is 1. The molecule has 2 rings (SSSR count). The van der Waals surface area contributed by atoms with Gasteiger partial charge in [0, 0.05) is 30.7 Å². The van der Waals surface area contributed by atoms with Gasteiger partial charge in [0.25, 0.3) is 0 Å². The van der Waals surface area contributed by atoms with E-state index in [1.807, 2.05) is 18.2 Å². The predicted molar refractivity (Wildman–Crippen MR) is 79.4 cm³/mol. The zero-order valence-electron chi connectivity index (χ0n) is 12.3. The average Bonchev–Trinajstić information content (AvgIpc) is 2.42. The molecule has 0 amide bonds. The van der Waals surface area contributed by atoms with Gasteiger partial charge in [-0.3, -0.25) is 4.90 Å². The van der Waals surface area contributed by atoms with E-state index in [9.17, 15) is 0 Å². The Hall–Kier alpha value is -1.06. The summed E-state index contributed by atoms with van der Waals surface area (Å²) in [4.78, 5) is 2.52. The fourth-order valence-corrected chi connectivity index (χ4v) is 2.96. The van der Waals surface area contributed by atoms with Crippen molar-refractivity contribution >= 4 is 0 Å². The fourth-order valence-electron chi connectivity index (χ4n) is 2.96. The Bertz CT molecular complexity index is 407. The minimum absolute atomic E-state index is 0.0175. The molecule has 1 aromatic carbocycles. The number of ether oxygens (including phenoxy) is 1. The molecule has 0 aromatic heterocycles. The first-order valence-electron chi connectivity index (χ1n) is 7.24. The van der Waals surface area contributed by atoms with Crippen molar-refractivity contribution in [2.24, 2.45) is 11.7 Å². The van der Waals surface area contributed by atoms with Gasteiger partial charge in [0.15, 0.2) is 0 Å². The first-order chi connectivity index (χ1) is 9.11. The van der Waals surface area contributed by atoms with Crippen LogP contribution < -0.4 is 10.5 Å². The normalized spacial score (nSPS) is 26.1. The van der Waals surface area contributed by atoms with Crippen molar-refractivity contribution in [1.29, 1.82) is 0 Å². The van der Waals surface area contributed by atoms with Gasteiger partial charge in [0.2, 0.25) is 0 Å². The van der Waals surface area contributed by atoms with Crippen LogP contribution in [0.4, 0.5) is 0 Å². The van der Waals surface area contributed by atoms with E-state index in [0.717, 1.165) is 30.3 Å². The highest BCUT2D eigenvalue weighted by molar-refractivity contribution is 5.35. The summed E-state index contributed by atoms with van der Waals surface area (Å²) in [7, 11) is 1.71. The fraction of sp³-hybridized carbons (Fsp3) is 0.625. The van der Waals surface area contributed by atoms with Crippen LogP contribution in [0.25, 0.3) is 0 Å². The summed E-state index contributed by atoms with van der Waals surface area (Å²) in [6, 6.07) is 8.72. The molecule has 1 heterocycles. The van der Waals surface area contributed by atoms with Crippen molar-refractivity contribution in [3.05, 3.63) is 29.8 Å². The second-order valence-electron chi connectivity index (χ2n) is 5.83. The van der Waals surface area contributed by atoms with Gasteiger partial charge in [-0.25, -0.2) is 0 Å². The van der Waals surface area contributed by atoms with Gasteiger partial charge in [-0.05, 0) is 31.7 Å². The van der Waals surface area contributed by atoms with Crippen molar-refractivity contribution in [2.75, 3.05) is 20.2 Å². The number of likely N-dealkylation sites (tertiary alicyclic amines) is 1. The van der Waals surface area contributed by atoms with Gasteiger partial charge in [0.1, 0.15) is 5.75 Å². The predicted octanol–water partition coefficient (Wildman–Crippen LogP) is 2.82. The van der Waals surface area contributed by atoms with Crippen molar-refractivity contribution in [1.82, 2.24) is 4.90 Å². The lowest BCUT2D eigenvalue weighted by Gasteiger charge is -2.38. The summed E-state index contributed by atoms with van der Waals surface area (Å²) >= 11 is 0. The number of rotatable bonds is 4. The van der Waals surface area contributed by atoms with Crippen molar-refractivity contribution in [3.63, 3.8) is 0 Å². The van der Waals surface area contributed by atoms with Gasteiger partial charge in [-0.15, -0.1) is 0 Å². The number of hydrogen-bond donors (Lipinski definition) is 1. The highest BCUT2D eigenvalue weighted by Gasteiger charge is 2.25. The molecule has 1 aromatic rings. The van der Waals surface area contributed by atoms with Crippen LogP contribution in [-0.2, 0) is 0 Å². The maximum atomic E-state index is 6.39. The third kappa shape index (κ3) is 3.48. The molecule has 3 unspecified atom stereocenters. The van der Waals surface area contributed by atoms with Gasteiger partial charge in [-0.1, -0.05) is 25.1 Å². The second-order valence-corrected chi connectivity index (χ2v) is 5.83. The number of methoxy groups -OCH3 is 1. The Balaban J connectivity index is 2.05. The Labute approximate surface area is 116 Å². The maximum absolute atomic E-state index is 6.39. The molecule has 1 saturated heterocycles. The van der Waals surface area contributed by atoms with E-state index in [1.165, 1.54) is 12.8 Å². The third-order valence-electron chi connectivity index (χ3n) is 4.22. The monoisotopic (exact) mass is 262 g/mol. The Morgan fingerprint density at radius 2 is 2.05 bits per heavy atom. The molecule has 1 fully saturated rings. The molecule has 3 nitrogen and oxygen atoms in total. The number of nitrogens with zero attached hydrogens (tertiary/aromatic N) is 1. The number of piperidine rings is 1. The zero-order chi connectivity index (χ0) is 13.8. The van der Waals surface area contributed by atoms with E-state index >= 15 is 0 Å². The van der Waals surface area contributed by atoms with Gasteiger partial charge >= 0.3 is 0 Å². The van der Waals surface area contributed by atoms with Gasteiger partial charge < -0.3 is 10.5 Å². The molecule has 0 bridgehead atoms. The Morgan fingerprint density at radius 3 is 2.79 bits per heavy atom. The Morgan fingerprint density at radius 1 is 1.32 bits per heavy atom. The van der Waals surface area contributed by atoms with Crippen LogP contribution in [0.5, 0.6) is 5.75 Å². The molecule has 1 aliphatic heterocycles. The van der Waals surface area contributed by atoms with Gasteiger partial charge in [-0.2, -0.15) is 0 Å². The lowest BCUT2D eigenvalue weighted by atomic mass is 9.94. The lowest BCUT2D eigenvalue weighted by Crippen LogP contribution is -2.44. The smallest absolute Gasteiger partial charge is 0.123 e. The lowest BCUT2D eigenvalue weighted by molar-refractivity contribution is 0.117. The number of hydrogen-bond acceptors (Lipinski definition) is 3. The van der Waals surface area contributed by atoms with Crippen LogP contribution in [0.3, 0.4) is 0 Å². The quantitative estimate of drug-likeness (QED) is 0.907. The molecular weight excluding hydrogens is 236 g/mol.